The lowest BCUT2D eigenvalue weighted by Crippen LogP contribution is -2.71. The maximum Gasteiger partial charge on any atom is 0.397 e. The van der Waals surface area contributed by atoms with E-state index in [1.54, 1.807) is 4.90 Å². The van der Waals surface area contributed by atoms with Crippen molar-refractivity contribution in [3.05, 3.63) is 35.9 Å². The summed E-state index contributed by atoms with van der Waals surface area (Å²) in [6.45, 7) is 10.6. The van der Waals surface area contributed by atoms with Gasteiger partial charge in [0.2, 0.25) is 0 Å². The summed E-state index contributed by atoms with van der Waals surface area (Å²) < 4.78 is 53.7. The molecule has 0 bridgehead atoms. The second-order valence-corrected chi connectivity index (χ2v) is 19.1. The third-order valence-electron chi connectivity index (χ3n) is 9.04. The lowest BCUT2D eigenvalue weighted by atomic mass is 9.70. The second-order valence-electron chi connectivity index (χ2n) is 12.8. The predicted octanol–water partition coefficient (Wildman–Crippen LogP) is 3.85. The van der Waals surface area contributed by atoms with Crippen LogP contribution in [-0.4, -0.2) is 104 Å². The van der Waals surface area contributed by atoms with Crippen molar-refractivity contribution in [1.29, 1.82) is 0 Å². The molecule has 11 nitrogen and oxygen atoms in total. The Balaban J connectivity index is 2.22. The molecule has 0 N–H and O–H groups in total. The lowest BCUT2D eigenvalue weighted by Gasteiger charge is -2.51. The van der Waals surface area contributed by atoms with Gasteiger partial charge in [-0.3, -0.25) is 13.9 Å². The molecule has 42 heavy (non-hydrogen) atoms. The highest BCUT2D eigenvalue weighted by Crippen LogP contribution is 2.51. The number of benzene rings is 1. The number of ether oxygens (including phenoxy) is 3. The zero-order valence-corrected chi connectivity index (χ0v) is 28.2. The van der Waals surface area contributed by atoms with Crippen molar-refractivity contribution in [2.75, 3.05) is 47.3 Å². The molecule has 0 aromatic heterocycles. The van der Waals surface area contributed by atoms with Crippen LogP contribution in [0, 0.1) is 11.8 Å². The van der Waals surface area contributed by atoms with Gasteiger partial charge in [-0.15, -0.1) is 0 Å². The quantitative estimate of drug-likeness (QED) is 0.193. The van der Waals surface area contributed by atoms with Crippen LogP contribution in [0.2, 0.25) is 18.1 Å². The first-order valence-electron chi connectivity index (χ1n) is 14.3. The van der Waals surface area contributed by atoms with Crippen LogP contribution in [0.4, 0.5) is 4.79 Å². The van der Waals surface area contributed by atoms with Crippen molar-refractivity contribution < 1.29 is 40.8 Å². The highest BCUT2D eigenvalue weighted by Gasteiger charge is 2.68. The molecule has 4 atom stereocenters. The molecule has 0 spiro atoms. The first-order chi connectivity index (χ1) is 19.5. The van der Waals surface area contributed by atoms with E-state index >= 15 is 0 Å². The fourth-order valence-corrected chi connectivity index (χ4v) is 7.45. The number of methoxy groups -OCH3 is 3. The lowest BCUT2D eigenvalue weighted by molar-refractivity contribution is -0.162. The van der Waals surface area contributed by atoms with Gasteiger partial charge in [0, 0.05) is 53.3 Å². The van der Waals surface area contributed by atoms with Crippen LogP contribution in [0.5, 0.6) is 0 Å². The van der Waals surface area contributed by atoms with Crippen molar-refractivity contribution in [3.8, 4) is 0 Å². The molecular formula is C29H48N2O9SSi. The highest BCUT2D eigenvalue weighted by molar-refractivity contribution is 7.86. The van der Waals surface area contributed by atoms with Gasteiger partial charge in [0.05, 0.1) is 12.9 Å². The van der Waals surface area contributed by atoms with Gasteiger partial charge < -0.3 is 23.5 Å². The second kappa shape index (κ2) is 13.3. The Hall–Kier alpha value is -2.03. The van der Waals surface area contributed by atoms with E-state index in [0.717, 1.165) is 11.8 Å². The molecule has 2 aliphatic rings. The normalized spacial score (nSPS) is 24.2. The zero-order chi connectivity index (χ0) is 31.5. The van der Waals surface area contributed by atoms with Crippen LogP contribution < -0.4 is 0 Å². The van der Waals surface area contributed by atoms with Crippen LogP contribution in [0.15, 0.2) is 30.3 Å². The Morgan fingerprint density at radius 1 is 1.12 bits per heavy atom. The molecule has 0 saturated carbocycles. The predicted molar refractivity (Wildman–Crippen MR) is 161 cm³/mol. The highest BCUT2D eigenvalue weighted by atomic mass is 32.2. The van der Waals surface area contributed by atoms with Crippen LogP contribution in [0.1, 0.15) is 39.2 Å². The van der Waals surface area contributed by atoms with Crippen molar-refractivity contribution in [2.24, 2.45) is 11.8 Å². The number of carbonyl (C=O) groups is 2. The average molecular weight is 629 g/mol. The number of likely N-dealkylation sites (tertiary alicyclic amines) is 2. The van der Waals surface area contributed by atoms with Gasteiger partial charge in [-0.1, -0.05) is 51.1 Å². The Morgan fingerprint density at radius 2 is 1.74 bits per heavy atom. The number of fused-ring (bicyclic) bond motifs is 1. The Labute approximate surface area is 252 Å². The summed E-state index contributed by atoms with van der Waals surface area (Å²) in [6.07, 6.45) is -0.734. The van der Waals surface area contributed by atoms with E-state index in [4.69, 9.17) is 22.8 Å². The Kier molecular flexibility index (Phi) is 10.9. The third-order valence-corrected chi connectivity index (χ3v) is 13.9. The summed E-state index contributed by atoms with van der Waals surface area (Å²) in [5.74, 6) is -1.14. The van der Waals surface area contributed by atoms with Gasteiger partial charge in [0.1, 0.15) is 6.10 Å². The molecule has 1 unspecified atom stereocenters. The molecule has 2 aliphatic heterocycles. The Morgan fingerprint density at radius 3 is 2.26 bits per heavy atom. The minimum atomic E-state index is -4.07. The molecule has 2 heterocycles. The van der Waals surface area contributed by atoms with E-state index in [1.807, 2.05) is 64.2 Å². The van der Waals surface area contributed by atoms with Gasteiger partial charge >= 0.3 is 6.09 Å². The topological polar surface area (TPSA) is 121 Å². The number of hydrogen-bond donors (Lipinski definition) is 0. The van der Waals surface area contributed by atoms with E-state index in [-0.39, 0.29) is 24.1 Å². The molecule has 2 saturated heterocycles. The zero-order valence-electron chi connectivity index (χ0n) is 26.4. The maximum absolute atomic E-state index is 14.9. The Bertz CT molecular complexity index is 1190. The van der Waals surface area contributed by atoms with E-state index in [1.165, 1.54) is 26.2 Å². The van der Waals surface area contributed by atoms with Crippen LogP contribution in [-0.2, 0) is 44.3 Å². The largest absolute Gasteiger partial charge is 0.503 e. The molecule has 1 aromatic rings. The number of rotatable bonds is 12. The monoisotopic (exact) mass is 628 g/mol. The van der Waals surface area contributed by atoms with E-state index < -0.39 is 54.3 Å². The summed E-state index contributed by atoms with van der Waals surface area (Å²) in [5, 5.41) is -0.295. The number of nitrogens with zero attached hydrogens (tertiary/aromatic N) is 2. The van der Waals surface area contributed by atoms with Gasteiger partial charge in [0.25, 0.3) is 24.3 Å². The van der Waals surface area contributed by atoms with Crippen LogP contribution in [0.3, 0.4) is 0 Å². The standard InChI is InChI=1S/C29H48N2O9SSi/c1-28(2,3)42(8,9)40-27(33)31-19-22(17-25(37-5)38-6)23-15-16-30(18-21-13-11-10-12-14-21)26(32)29(23,31)24(20-36-4)39-41(7,34)35/h10-14,22-25H,15-20H2,1-9H3/t22?,23-,24-,29+/m1/s1. The van der Waals surface area contributed by atoms with Gasteiger partial charge in [-0.2, -0.15) is 8.42 Å². The molecule has 13 heteroatoms. The SMILES string of the molecule is COC[C@@H](OS(C)(=O)=O)[C@]12C(=O)N(Cc3ccccc3)CC[C@@H]1C(CC(OC)OC)CN2C(=O)O[Si](C)(C)C(C)(C)C. The summed E-state index contributed by atoms with van der Waals surface area (Å²) in [7, 11) is -2.23. The molecule has 238 valence electrons. The summed E-state index contributed by atoms with van der Waals surface area (Å²) in [6, 6.07) is 9.54. The van der Waals surface area contributed by atoms with Crippen molar-refractivity contribution in [2.45, 2.75) is 76.2 Å². The molecular weight excluding hydrogens is 580 g/mol. The third kappa shape index (κ3) is 7.19. The number of hydrogen-bond acceptors (Lipinski definition) is 9. The minimum absolute atomic E-state index is 0.138. The fourth-order valence-electron chi connectivity index (χ4n) is 5.97. The fraction of sp³-hybridized carbons (Fsp3) is 0.724. The average Bonchev–Trinajstić information content (AvgIpc) is 3.23. The summed E-state index contributed by atoms with van der Waals surface area (Å²) in [5.41, 5.74) is -0.794. The van der Waals surface area contributed by atoms with Gasteiger partial charge in [-0.25, -0.2) is 4.79 Å². The van der Waals surface area contributed by atoms with E-state index in [2.05, 4.69) is 0 Å². The number of amides is 2. The number of piperidine rings is 1. The first kappa shape index (κ1) is 34.5. The summed E-state index contributed by atoms with van der Waals surface area (Å²) >= 11 is 0. The first-order valence-corrected chi connectivity index (χ1v) is 19.0. The van der Waals surface area contributed by atoms with Crippen LogP contribution in [0.25, 0.3) is 0 Å². The smallest absolute Gasteiger partial charge is 0.397 e. The summed E-state index contributed by atoms with van der Waals surface area (Å²) in [4.78, 5) is 32.3. The van der Waals surface area contributed by atoms with Gasteiger partial charge in [0.15, 0.2) is 11.8 Å². The maximum atomic E-state index is 14.9. The molecule has 2 fully saturated rings. The van der Waals surface area contributed by atoms with E-state index in [0.29, 0.717) is 25.9 Å². The van der Waals surface area contributed by atoms with Crippen molar-refractivity contribution in [3.63, 3.8) is 0 Å². The van der Waals surface area contributed by atoms with Crippen molar-refractivity contribution >= 4 is 30.4 Å². The van der Waals surface area contributed by atoms with Crippen LogP contribution >= 0.6 is 0 Å². The molecule has 0 aliphatic carbocycles. The van der Waals surface area contributed by atoms with E-state index in [9.17, 15) is 18.0 Å². The molecule has 2 amide bonds. The molecule has 3 rings (SSSR count). The van der Waals surface area contributed by atoms with Gasteiger partial charge in [-0.05, 0) is 36.0 Å². The minimum Gasteiger partial charge on any atom is -0.503 e. The number of carbonyl (C=O) groups excluding carboxylic acids is 2. The molecule has 1 aromatic carbocycles. The van der Waals surface area contributed by atoms with Crippen molar-refractivity contribution in [1.82, 2.24) is 9.80 Å². The molecule has 0 radical (unpaired) electrons.